The number of rotatable bonds is 4. The van der Waals surface area contributed by atoms with Crippen LogP contribution in [0.4, 0.5) is 10.5 Å². The number of furan rings is 1. The Morgan fingerprint density at radius 2 is 2.00 bits per heavy atom. The van der Waals surface area contributed by atoms with E-state index in [0.717, 1.165) is 5.75 Å². The van der Waals surface area contributed by atoms with Crippen molar-refractivity contribution < 1.29 is 13.9 Å². The average molecular weight is 339 g/mol. The Bertz CT molecular complexity index is 580. The number of ether oxygens (including phenoxy) is 1. The monoisotopic (exact) mass is 338 g/mol. The maximum absolute atomic E-state index is 12.0. The highest BCUT2D eigenvalue weighted by molar-refractivity contribution is 9.10. The first-order valence-electron chi connectivity index (χ1n) is 5.99. The molecule has 0 spiro atoms. The second kappa shape index (κ2) is 6.47. The van der Waals surface area contributed by atoms with Crippen molar-refractivity contribution in [1.29, 1.82) is 0 Å². The van der Waals surface area contributed by atoms with E-state index in [4.69, 9.17) is 9.15 Å². The van der Waals surface area contributed by atoms with Gasteiger partial charge < -0.3 is 19.4 Å². The fourth-order valence-corrected chi connectivity index (χ4v) is 1.98. The van der Waals surface area contributed by atoms with Gasteiger partial charge in [-0.2, -0.15) is 0 Å². The number of halogens is 1. The highest BCUT2D eigenvalue weighted by Gasteiger charge is 2.11. The van der Waals surface area contributed by atoms with Gasteiger partial charge in [0, 0.05) is 12.7 Å². The SMILES string of the molecule is COc1ccc(NC(=O)N(C)Cc2ccc(Br)o2)cc1. The molecule has 1 heterocycles. The Morgan fingerprint density at radius 1 is 1.30 bits per heavy atom. The molecule has 0 aliphatic rings. The molecule has 0 aliphatic carbocycles. The number of amides is 2. The summed E-state index contributed by atoms with van der Waals surface area (Å²) in [6.07, 6.45) is 0. The summed E-state index contributed by atoms with van der Waals surface area (Å²) in [4.78, 5) is 13.5. The second-order valence-electron chi connectivity index (χ2n) is 4.22. The molecule has 1 aromatic carbocycles. The van der Waals surface area contributed by atoms with Crippen molar-refractivity contribution in [2.24, 2.45) is 0 Å². The molecule has 0 fully saturated rings. The summed E-state index contributed by atoms with van der Waals surface area (Å²) in [5, 5.41) is 2.80. The van der Waals surface area contributed by atoms with Crippen molar-refractivity contribution >= 4 is 27.6 Å². The van der Waals surface area contributed by atoms with Gasteiger partial charge >= 0.3 is 6.03 Å². The summed E-state index contributed by atoms with van der Waals surface area (Å²) in [5.74, 6) is 1.46. The van der Waals surface area contributed by atoms with E-state index in [9.17, 15) is 4.79 Å². The van der Waals surface area contributed by atoms with E-state index in [-0.39, 0.29) is 6.03 Å². The van der Waals surface area contributed by atoms with Gasteiger partial charge in [0.15, 0.2) is 4.67 Å². The predicted octanol–water partition coefficient (Wildman–Crippen LogP) is 3.71. The summed E-state index contributed by atoms with van der Waals surface area (Å²) in [6.45, 7) is 0.396. The first kappa shape index (κ1) is 14.5. The van der Waals surface area contributed by atoms with Gasteiger partial charge in [0.2, 0.25) is 0 Å². The minimum Gasteiger partial charge on any atom is -0.497 e. The number of urea groups is 1. The van der Waals surface area contributed by atoms with Crippen LogP contribution in [-0.2, 0) is 6.54 Å². The lowest BCUT2D eigenvalue weighted by atomic mass is 10.3. The number of methoxy groups -OCH3 is 1. The van der Waals surface area contributed by atoms with Gasteiger partial charge in [-0.3, -0.25) is 0 Å². The zero-order valence-corrected chi connectivity index (χ0v) is 12.8. The van der Waals surface area contributed by atoms with Crippen molar-refractivity contribution in [2.45, 2.75) is 6.54 Å². The summed E-state index contributed by atoms with van der Waals surface area (Å²) in [5.41, 5.74) is 0.711. The van der Waals surface area contributed by atoms with Gasteiger partial charge in [-0.05, 0) is 52.3 Å². The Morgan fingerprint density at radius 3 is 2.55 bits per heavy atom. The zero-order chi connectivity index (χ0) is 14.5. The van der Waals surface area contributed by atoms with E-state index in [0.29, 0.717) is 22.7 Å². The van der Waals surface area contributed by atoms with E-state index >= 15 is 0 Å². The first-order chi connectivity index (χ1) is 9.58. The topological polar surface area (TPSA) is 54.7 Å². The van der Waals surface area contributed by atoms with Gasteiger partial charge in [-0.15, -0.1) is 0 Å². The van der Waals surface area contributed by atoms with Crippen LogP contribution in [0.25, 0.3) is 0 Å². The minimum absolute atomic E-state index is 0.206. The predicted molar refractivity (Wildman–Crippen MR) is 79.9 cm³/mol. The van der Waals surface area contributed by atoms with Crippen LogP contribution in [0.15, 0.2) is 45.5 Å². The number of hydrogen-bond donors (Lipinski definition) is 1. The third-order valence-electron chi connectivity index (χ3n) is 2.71. The van der Waals surface area contributed by atoms with Crippen molar-refractivity contribution in [3.05, 3.63) is 46.8 Å². The highest BCUT2D eigenvalue weighted by Crippen LogP contribution is 2.17. The van der Waals surface area contributed by atoms with Gasteiger partial charge in [0.25, 0.3) is 0 Å². The van der Waals surface area contributed by atoms with Gasteiger partial charge in [0.1, 0.15) is 11.5 Å². The maximum atomic E-state index is 12.0. The van der Waals surface area contributed by atoms with E-state index < -0.39 is 0 Å². The van der Waals surface area contributed by atoms with E-state index in [2.05, 4.69) is 21.2 Å². The Labute approximate surface area is 125 Å². The van der Waals surface area contributed by atoms with Crippen molar-refractivity contribution in [2.75, 3.05) is 19.5 Å². The molecule has 2 aromatic rings. The molecule has 20 heavy (non-hydrogen) atoms. The number of hydrogen-bond acceptors (Lipinski definition) is 3. The number of nitrogens with one attached hydrogen (secondary N) is 1. The molecule has 6 heteroatoms. The van der Waals surface area contributed by atoms with Crippen molar-refractivity contribution in [1.82, 2.24) is 4.90 Å². The van der Waals surface area contributed by atoms with Gasteiger partial charge in [0.05, 0.1) is 13.7 Å². The maximum Gasteiger partial charge on any atom is 0.321 e. The zero-order valence-electron chi connectivity index (χ0n) is 11.2. The lowest BCUT2D eigenvalue weighted by Crippen LogP contribution is -2.30. The number of benzene rings is 1. The average Bonchev–Trinajstić information content (AvgIpc) is 2.85. The molecule has 0 saturated heterocycles. The molecular formula is C14H15BrN2O3. The number of carbonyl (C=O) groups excluding carboxylic acids is 1. The Kier molecular flexibility index (Phi) is 4.68. The second-order valence-corrected chi connectivity index (χ2v) is 5.00. The molecule has 0 radical (unpaired) electrons. The van der Waals surface area contributed by atoms with E-state index in [1.54, 1.807) is 44.5 Å². The van der Waals surface area contributed by atoms with Crippen molar-refractivity contribution in [3.63, 3.8) is 0 Å². The van der Waals surface area contributed by atoms with Crippen LogP contribution in [0, 0.1) is 0 Å². The van der Waals surface area contributed by atoms with Gasteiger partial charge in [-0.25, -0.2) is 4.79 Å². The quantitative estimate of drug-likeness (QED) is 0.924. The van der Waals surface area contributed by atoms with Gasteiger partial charge in [-0.1, -0.05) is 0 Å². The molecular weight excluding hydrogens is 324 g/mol. The molecule has 1 aromatic heterocycles. The number of anilines is 1. The largest absolute Gasteiger partial charge is 0.497 e. The molecule has 5 nitrogen and oxygen atoms in total. The van der Waals surface area contributed by atoms with Crippen LogP contribution in [0.5, 0.6) is 5.75 Å². The number of carbonyl (C=O) groups is 1. The molecule has 0 unspecified atom stereocenters. The van der Waals surface area contributed by atoms with Crippen LogP contribution in [0.3, 0.4) is 0 Å². The van der Waals surface area contributed by atoms with Crippen LogP contribution in [0.2, 0.25) is 0 Å². The molecule has 2 amide bonds. The first-order valence-corrected chi connectivity index (χ1v) is 6.78. The lowest BCUT2D eigenvalue weighted by molar-refractivity contribution is 0.216. The summed E-state index contributed by atoms with van der Waals surface area (Å²) in [7, 11) is 3.30. The van der Waals surface area contributed by atoms with Crippen LogP contribution < -0.4 is 10.1 Å². The fourth-order valence-electron chi connectivity index (χ4n) is 1.64. The minimum atomic E-state index is -0.206. The fraction of sp³-hybridized carbons (Fsp3) is 0.214. The molecule has 106 valence electrons. The van der Waals surface area contributed by atoms with Crippen LogP contribution in [0.1, 0.15) is 5.76 Å². The molecule has 0 aliphatic heterocycles. The van der Waals surface area contributed by atoms with Crippen LogP contribution >= 0.6 is 15.9 Å². The third-order valence-corrected chi connectivity index (χ3v) is 3.14. The molecule has 0 saturated carbocycles. The van der Waals surface area contributed by atoms with E-state index in [1.807, 2.05) is 6.07 Å². The third kappa shape index (κ3) is 3.77. The Hall–Kier alpha value is -1.95. The molecule has 0 bridgehead atoms. The smallest absolute Gasteiger partial charge is 0.321 e. The normalized spacial score (nSPS) is 10.2. The Balaban J connectivity index is 1.93. The van der Waals surface area contributed by atoms with Crippen LogP contribution in [-0.4, -0.2) is 25.1 Å². The summed E-state index contributed by atoms with van der Waals surface area (Å²) < 4.78 is 11.1. The highest BCUT2D eigenvalue weighted by atomic mass is 79.9. The molecule has 0 atom stereocenters. The molecule has 1 N–H and O–H groups in total. The standard InChI is InChI=1S/C14H15BrN2O3/c1-17(9-12-7-8-13(15)20-12)14(18)16-10-3-5-11(19-2)6-4-10/h3-8H,9H2,1-2H3,(H,16,18). The number of nitrogens with zero attached hydrogens (tertiary/aromatic N) is 1. The lowest BCUT2D eigenvalue weighted by Gasteiger charge is -2.16. The van der Waals surface area contributed by atoms with Crippen molar-refractivity contribution in [3.8, 4) is 5.75 Å². The van der Waals surface area contributed by atoms with E-state index in [1.165, 1.54) is 4.90 Å². The summed E-state index contributed by atoms with van der Waals surface area (Å²) in [6, 6.07) is 10.6. The summed E-state index contributed by atoms with van der Waals surface area (Å²) >= 11 is 3.23. The molecule has 2 rings (SSSR count).